The third-order valence-corrected chi connectivity index (χ3v) is 3.82. The zero-order valence-electron chi connectivity index (χ0n) is 13.4. The van der Waals surface area contributed by atoms with E-state index in [0.717, 1.165) is 17.9 Å². The zero-order chi connectivity index (χ0) is 15.4. The van der Waals surface area contributed by atoms with Crippen LogP contribution in [-0.4, -0.2) is 53.1 Å². The van der Waals surface area contributed by atoms with Crippen molar-refractivity contribution in [3.63, 3.8) is 0 Å². The van der Waals surface area contributed by atoms with Crippen LogP contribution >= 0.6 is 0 Å². The van der Waals surface area contributed by atoms with Crippen LogP contribution < -0.4 is 5.32 Å². The number of amides is 2. The summed E-state index contributed by atoms with van der Waals surface area (Å²) in [6.45, 7) is 11.6. The van der Waals surface area contributed by atoms with Crippen molar-refractivity contribution in [1.82, 2.24) is 20.0 Å². The highest BCUT2D eigenvalue weighted by Crippen LogP contribution is 2.08. The standard InChI is InChI=1S/C15H26N4O2/c1-11(9-19-13(3)7-12(2)17-19)8-16-15(20)18-5-6-21-10-14(18)4/h7,11,14H,5-6,8-10H2,1-4H3,(H,16,20)/t11-,14+/m0/s1. The Balaban J connectivity index is 1.79. The van der Waals surface area contributed by atoms with Crippen molar-refractivity contribution >= 4 is 6.03 Å². The molecule has 2 rings (SSSR count). The number of carbonyl (C=O) groups is 1. The Hall–Kier alpha value is -1.56. The van der Waals surface area contributed by atoms with Gasteiger partial charge in [-0.3, -0.25) is 4.68 Å². The van der Waals surface area contributed by atoms with Crippen LogP contribution in [0.4, 0.5) is 4.79 Å². The molecule has 0 saturated carbocycles. The molecular weight excluding hydrogens is 268 g/mol. The topological polar surface area (TPSA) is 59.4 Å². The minimum absolute atomic E-state index is 0.00557. The summed E-state index contributed by atoms with van der Waals surface area (Å²) in [4.78, 5) is 14.0. The Morgan fingerprint density at radius 1 is 1.57 bits per heavy atom. The summed E-state index contributed by atoms with van der Waals surface area (Å²) in [6, 6.07) is 2.22. The largest absolute Gasteiger partial charge is 0.377 e. The second kappa shape index (κ2) is 6.93. The molecule has 118 valence electrons. The number of ether oxygens (including phenoxy) is 1. The van der Waals surface area contributed by atoms with Crippen LogP contribution in [0.25, 0.3) is 0 Å². The second-order valence-corrected chi connectivity index (χ2v) is 6.02. The molecule has 6 heteroatoms. The number of nitrogens with one attached hydrogen (secondary N) is 1. The first kappa shape index (κ1) is 15.8. The third kappa shape index (κ3) is 4.20. The van der Waals surface area contributed by atoms with Crippen LogP contribution in [0.15, 0.2) is 6.07 Å². The molecule has 0 unspecified atom stereocenters. The highest BCUT2D eigenvalue weighted by molar-refractivity contribution is 5.74. The lowest BCUT2D eigenvalue weighted by Crippen LogP contribution is -2.51. The first-order valence-corrected chi connectivity index (χ1v) is 7.60. The molecule has 1 aromatic heterocycles. The molecule has 0 spiro atoms. The molecule has 6 nitrogen and oxygen atoms in total. The molecule has 0 aliphatic carbocycles. The van der Waals surface area contributed by atoms with Crippen LogP contribution in [0, 0.1) is 19.8 Å². The van der Waals surface area contributed by atoms with Crippen molar-refractivity contribution in [2.75, 3.05) is 26.3 Å². The van der Waals surface area contributed by atoms with Gasteiger partial charge in [0.05, 0.1) is 24.9 Å². The molecular formula is C15H26N4O2. The number of morpholine rings is 1. The normalized spacial score (nSPS) is 20.4. The van der Waals surface area contributed by atoms with Crippen LogP contribution in [0.1, 0.15) is 25.2 Å². The molecule has 1 saturated heterocycles. The van der Waals surface area contributed by atoms with Gasteiger partial charge >= 0.3 is 6.03 Å². The van der Waals surface area contributed by atoms with E-state index in [1.165, 1.54) is 0 Å². The maximum absolute atomic E-state index is 12.2. The summed E-state index contributed by atoms with van der Waals surface area (Å²) in [6.07, 6.45) is 0. The fourth-order valence-electron chi connectivity index (χ4n) is 2.61. The fraction of sp³-hybridized carbons (Fsp3) is 0.733. The van der Waals surface area contributed by atoms with E-state index in [2.05, 4.69) is 30.3 Å². The van der Waals surface area contributed by atoms with E-state index < -0.39 is 0 Å². The van der Waals surface area contributed by atoms with E-state index in [1.54, 1.807) is 0 Å². The number of rotatable bonds is 4. The SMILES string of the molecule is Cc1cc(C)n(C[C@@H](C)CNC(=O)N2CCOC[C@H]2C)n1. The summed E-state index contributed by atoms with van der Waals surface area (Å²) >= 11 is 0. The van der Waals surface area contributed by atoms with Gasteiger partial charge in [-0.2, -0.15) is 5.10 Å². The number of hydrogen-bond acceptors (Lipinski definition) is 3. The van der Waals surface area contributed by atoms with E-state index in [4.69, 9.17) is 4.74 Å². The molecule has 1 N–H and O–H groups in total. The first-order chi connectivity index (χ1) is 9.97. The Labute approximate surface area is 126 Å². The number of nitrogens with zero attached hydrogens (tertiary/aromatic N) is 3. The quantitative estimate of drug-likeness (QED) is 0.917. The maximum atomic E-state index is 12.2. The van der Waals surface area contributed by atoms with Crippen LogP contribution in [0.3, 0.4) is 0 Å². The van der Waals surface area contributed by atoms with Gasteiger partial charge in [-0.25, -0.2) is 4.79 Å². The van der Waals surface area contributed by atoms with Crippen molar-refractivity contribution in [3.8, 4) is 0 Å². The highest BCUT2D eigenvalue weighted by Gasteiger charge is 2.23. The van der Waals surface area contributed by atoms with E-state index >= 15 is 0 Å². The average Bonchev–Trinajstić information content (AvgIpc) is 2.74. The summed E-state index contributed by atoms with van der Waals surface area (Å²) in [5.74, 6) is 0.336. The third-order valence-electron chi connectivity index (χ3n) is 3.82. The Morgan fingerprint density at radius 2 is 2.33 bits per heavy atom. The van der Waals surface area contributed by atoms with Gasteiger partial charge < -0.3 is 15.0 Å². The molecule has 1 aromatic rings. The molecule has 2 amide bonds. The molecule has 1 aliphatic heterocycles. The molecule has 2 heterocycles. The molecule has 0 bridgehead atoms. The minimum Gasteiger partial charge on any atom is -0.377 e. The van der Waals surface area contributed by atoms with Gasteiger partial charge in [-0.1, -0.05) is 6.92 Å². The predicted octanol–water partition coefficient (Wildman–Crippen LogP) is 1.57. The number of aromatic nitrogens is 2. The van der Waals surface area contributed by atoms with E-state index in [-0.39, 0.29) is 12.1 Å². The monoisotopic (exact) mass is 294 g/mol. The zero-order valence-corrected chi connectivity index (χ0v) is 13.4. The molecule has 0 radical (unpaired) electrons. The summed E-state index contributed by atoms with van der Waals surface area (Å²) < 4.78 is 7.35. The van der Waals surface area contributed by atoms with Gasteiger partial charge in [-0.15, -0.1) is 0 Å². The minimum atomic E-state index is 0.00557. The van der Waals surface area contributed by atoms with Crippen molar-refractivity contribution in [3.05, 3.63) is 17.5 Å². The highest BCUT2D eigenvalue weighted by atomic mass is 16.5. The van der Waals surface area contributed by atoms with E-state index in [0.29, 0.717) is 32.2 Å². The summed E-state index contributed by atoms with van der Waals surface area (Å²) in [5, 5.41) is 7.48. The van der Waals surface area contributed by atoms with Crippen molar-refractivity contribution < 1.29 is 9.53 Å². The van der Waals surface area contributed by atoms with Crippen molar-refractivity contribution in [1.29, 1.82) is 0 Å². The van der Waals surface area contributed by atoms with Gasteiger partial charge in [0.1, 0.15) is 0 Å². The lowest BCUT2D eigenvalue weighted by atomic mass is 10.2. The van der Waals surface area contributed by atoms with Gasteiger partial charge in [0, 0.05) is 25.3 Å². The lowest BCUT2D eigenvalue weighted by Gasteiger charge is -2.33. The van der Waals surface area contributed by atoms with Gasteiger partial charge in [0.2, 0.25) is 0 Å². The molecule has 1 fully saturated rings. The Kier molecular flexibility index (Phi) is 5.22. The molecule has 21 heavy (non-hydrogen) atoms. The Bertz CT molecular complexity index is 486. The first-order valence-electron chi connectivity index (χ1n) is 7.60. The number of hydrogen-bond donors (Lipinski definition) is 1. The number of carbonyl (C=O) groups excluding carboxylic acids is 1. The number of urea groups is 1. The molecule has 2 atom stereocenters. The number of aryl methyl sites for hydroxylation is 2. The Morgan fingerprint density at radius 3 is 2.95 bits per heavy atom. The van der Waals surface area contributed by atoms with Crippen molar-refractivity contribution in [2.45, 2.75) is 40.3 Å². The predicted molar refractivity (Wildman–Crippen MR) is 81.3 cm³/mol. The van der Waals surface area contributed by atoms with E-state index in [9.17, 15) is 4.79 Å². The lowest BCUT2D eigenvalue weighted by molar-refractivity contribution is 0.0188. The van der Waals surface area contributed by atoms with Gasteiger partial charge in [-0.05, 0) is 32.8 Å². The summed E-state index contributed by atoms with van der Waals surface area (Å²) in [7, 11) is 0. The second-order valence-electron chi connectivity index (χ2n) is 6.02. The van der Waals surface area contributed by atoms with Crippen LogP contribution in [-0.2, 0) is 11.3 Å². The van der Waals surface area contributed by atoms with Gasteiger partial charge in [0.25, 0.3) is 0 Å². The average molecular weight is 294 g/mol. The van der Waals surface area contributed by atoms with Crippen molar-refractivity contribution in [2.24, 2.45) is 5.92 Å². The van der Waals surface area contributed by atoms with Gasteiger partial charge in [0.15, 0.2) is 0 Å². The van der Waals surface area contributed by atoms with Crippen LogP contribution in [0.5, 0.6) is 0 Å². The van der Waals surface area contributed by atoms with Crippen LogP contribution in [0.2, 0.25) is 0 Å². The smallest absolute Gasteiger partial charge is 0.317 e. The summed E-state index contributed by atoms with van der Waals surface area (Å²) in [5.41, 5.74) is 2.19. The fourth-order valence-corrected chi connectivity index (χ4v) is 2.61. The maximum Gasteiger partial charge on any atom is 0.317 e. The molecule has 0 aromatic carbocycles. The molecule has 1 aliphatic rings. The van der Waals surface area contributed by atoms with E-state index in [1.807, 2.05) is 23.4 Å².